The van der Waals surface area contributed by atoms with Gasteiger partial charge in [0.1, 0.15) is 11.7 Å². The maximum absolute atomic E-state index is 12.9. The van der Waals surface area contributed by atoms with E-state index in [1.54, 1.807) is 12.3 Å². The predicted octanol–water partition coefficient (Wildman–Crippen LogP) is 3.21. The van der Waals surface area contributed by atoms with Crippen LogP contribution in [0.3, 0.4) is 0 Å². The van der Waals surface area contributed by atoms with Crippen molar-refractivity contribution in [3.05, 3.63) is 60.0 Å². The summed E-state index contributed by atoms with van der Waals surface area (Å²) in [5, 5.41) is 2.78. The van der Waals surface area contributed by atoms with E-state index >= 15 is 0 Å². The molecule has 0 saturated heterocycles. The summed E-state index contributed by atoms with van der Waals surface area (Å²) in [5.74, 6) is -0.887. The number of esters is 1. The van der Waals surface area contributed by atoms with Crippen molar-refractivity contribution in [3.63, 3.8) is 0 Å². The normalized spacial score (nSPS) is 12.3. The van der Waals surface area contributed by atoms with Crippen LogP contribution in [0.2, 0.25) is 0 Å². The Morgan fingerprint density at radius 1 is 1.19 bits per heavy atom. The third kappa shape index (κ3) is 3.49. The number of methoxy groups -OCH3 is 1. The van der Waals surface area contributed by atoms with Crippen LogP contribution in [0, 0.1) is 5.92 Å². The molecular formula is C20H22N2O4. The SMILES string of the molecule is COC(=O)[C@@H](NC(=O)c1cc2occc2n1Cc1ccccc1)C(C)C. The lowest BCUT2D eigenvalue weighted by molar-refractivity contribution is -0.144. The number of amides is 1. The number of hydrogen-bond acceptors (Lipinski definition) is 4. The molecule has 1 aromatic carbocycles. The first kappa shape index (κ1) is 17.8. The highest BCUT2D eigenvalue weighted by atomic mass is 16.5. The average Bonchev–Trinajstić information content (AvgIpc) is 3.22. The molecule has 26 heavy (non-hydrogen) atoms. The van der Waals surface area contributed by atoms with Crippen LogP contribution < -0.4 is 5.32 Å². The van der Waals surface area contributed by atoms with Gasteiger partial charge in [0, 0.05) is 18.7 Å². The zero-order valence-corrected chi connectivity index (χ0v) is 15.1. The molecule has 0 aliphatic heterocycles. The molecule has 0 fully saturated rings. The second-order valence-electron chi connectivity index (χ2n) is 6.49. The molecule has 0 radical (unpaired) electrons. The van der Waals surface area contributed by atoms with E-state index < -0.39 is 12.0 Å². The van der Waals surface area contributed by atoms with Crippen LogP contribution in [0.25, 0.3) is 11.1 Å². The van der Waals surface area contributed by atoms with Crippen molar-refractivity contribution in [1.29, 1.82) is 0 Å². The predicted molar refractivity (Wildman–Crippen MR) is 97.9 cm³/mol. The standard InChI is InChI=1S/C20H22N2O4/c1-13(2)18(20(24)25-3)21-19(23)16-11-17-15(9-10-26-17)22(16)12-14-7-5-4-6-8-14/h4-11,13,18H,12H2,1-3H3,(H,21,23)/t18-/m0/s1. The minimum absolute atomic E-state index is 0.0908. The van der Waals surface area contributed by atoms with Gasteiger partial charge in [-0.1, -0.05) is 44.2 Å². The van der Waals surface area contributed by atoms with Crippen molar-refractivity contribution in [2.45, 2.75) is 26.4 Å². The van der Waals surface area contributed by atoms with Crippen LogP contribution in [-0.4, -0.2) is 29.6 Å². The van der Waals surface area contributed by atoms with Crippen molar-refractivity contribution < 1.29 is 18.7 Å². The van der Waals surface area contributed by atoms with Crippen LogP contribution in [0.5, 0.6) is 0 Å². The van der Waals surface area contributed by atoms with E-state index in [4.69, 9.17) is 9.15 Å². The summed E-state index contributed by atoms with van der Waals surface area (Å²) in [6.07, 6.45) is 1.60. The van der Waals surface area contributed by atoms with Gasteiger partial charge in [-0.3, -0.25) is 4.79 Å². The molecule has 0 saturated carbocycles. The van der Waals surface area contributed by atoms with Gasteiger partial charge in [0.2, 0.25) is 0 Å². The monoisotopic (exact) mass is 354 g/mol. The number of aromatic nitrogens is 1. The second kappa shape index (κ2) is 7.47. The topological polar surface area (TPSA) is 73.5 Å². The summed E-state index contributed by atoms with van der Waals surface area (Å²) in [5.41, 5.74) is 2.97. The maximum atomic E-state index is 12.9. The first-order chi connectivity index (χ1) is 12.5. The molecule has 1 atom stereocenters. The van der Waals surface area contributed by atoms with Crippen LogP contribution in [0.4, 0.5) is 0 Å². The van der Waals surface area contributed by atoms with Gasteiger partial charge in [0.25, 0.3) is 5.91 Å². The first-order valence-corrected chi connectivity index (χ1v) is 8.50. The molecule has 6 nitrogen and oxygen atoms in total. The Hall–Kier alpha value is -3.02. The Kier molecular flexibility index (Phi) is 5.11. The Balaban J connectivity index is 1.94. The molecule has 0 aliphatic carbocycles. The molecule has 1 amide bonds. The van der Waals surface area contributed by atoms with Gasteiger partial charge >= 0.3 is 5.97 Å². The van der Waals surface area contributed by atoms with Gasteiger partial charge in [-0.25, -0.2) is 4.79 Å². The van der Waals surface area contributed by atoms with Gasteiger partial charge in [-0.15, -0.1) is 0 Å². The highest BCUT2D eigenvalue weighted by Gasteiger charge is 2.27. The molecule has 3 rings (SSSR count). The van der Waals surface area contributed by atoms with E-state index in [1.807, 2.05) is 54.8 Å². The molecule has 0 spiro atoms. The van der Waals surface area contributed by atoms with Crippen molar-refractivity contribution in [2.24, 2.45) is 5.92 Å². The first-order valence-electron chi connectivity index (χ1n) is 8.50. The number of benzene rings is 1. The Labute approximate surface area is 151 Å². The Morgan fingerprint density at radius 3 is 2.58 bits per heavy atom. The molecule has 0 aliphatic rings. The van der Waals surface area contributed by atoms with E-state index in [1.165, 1.54) is 7.11 Å². The number of ether oxygens (including phenoxy) is 1. The molecular weight excluding hydrogens is 332 g/mol. The van der Waals surface area contributed by atoms with E-state index in [0.29, 0.717) is 17.8 Å². The van der Waals surface area contributed by atoms with E-state index in [-0.39, 0.29) is 11.8 Å². The molecule has 3 aromatic rings. The number of carbonyl (C=O) groups is 2. The minimum Gasteiger partial charge on any atom is -0.467 e. The lowest BCUT2D eigenvalue weighted by Crippen LogP contribution is -2.45. The van der Waals surface area contributed by atoms with Gasteiger partial charge in [-0.2, -0.15) is 0 Å². The van der Waals surface area contributed by atoms with Crippen molar-refractivity contribution in [2.75, 3.05) is 7.11 Å². The van der Waals surface area contributed by atoms with Gasteiger partial charge in [-0.05, 0) is 11.5 Å². The zero-order valence-electron chi connectivity index (χ0n) is 15.1. The van der Waals surface area contributed by atoms with Crippen molar-refractivity contribution >= 4 is 23.0 Å². The average molecular weight is 354 g/mol. The van der Waals surface area contributed by atoms with Crippen molar-refractivity contribution in [3.8, 4) is 0 Å². The van der Waals surface area contributed by atoms with Gasteiger partial charge in [0.05, 0.1) is 18.9 Å². The van der Waals surface area contributed by atoms with E-state index in [2.05, 4.69) is 5.32 Å². The van der Waals surface area contributed by atoms with Crippen LogP contribution in [0.1, 0.15) is 29.9 Å². The van der Waals surface area contributed by atoms with Crippen LogP contribution >= 0.6 is 0 Å². The van der Waals surface area contributed by atoms with E-state index in [0.717, 1.165) is 11.1 Å². The molecule has 1 N–H and O–H groups in total. The summed E-state index contributed by atoms with van der Waals surface area (Å²) in [7, 11) is 1.31. The molecule has 2 aromatic heterocycles. The summed E-state index contributed by atoms with van der Waals surface area (Å²) in [6, 6.07) is 12.7. The summed E-state index contributed by atoms with van der Waals surface area (Å²) in [6.45, 7) is 4.24. The van der Waals surface area contributed by atoms with Crippen LogP contribution in [-0.2, 0) is 16.1 Å². The molecule has 2 heterocycles. The summed E-state index contributed by atoms with van der Waals surface area (Å²) >= 11 is 0. The number of furan rings is 1. The highest BCUT2D eigenvalue weighted by Crippen LogP contribution is 2.23. The lowest BCUT2D eigenvalue weighted by Gasteiger charge is -2.20. The minimum atomic E-state index is -0.709. The number of carbonyl (C=O) groups excluding carboxylic acids is 2. The third-order valence-electron chi connectivity index (χ3n) is 4.35. The number of nitrogens with zero attached hydrogens (tertiary/aromatic N) is 1. The summed E-state index contributed by atoms with van der Waals surface area (Å²) in [4.78, 5) is 24.8. The number of rotatable bonds is 6. The van der Waals surface area contributed by atoms with Gasteiger partial charge < -0.3 is 19.0 Å². The second-order valence-corrected chi connectivity index (χ2v) is 6.49. The maximum Gasteiger partial charge on any atom is 0.328 e. The number of hydrogen-bond donors (Lipinski definition) is 1. The Morgan fingerprint density at radius 2 is 1.92 bits per heavy atom. The number of fused-ring (bicyclic) bond motifs is 1. The smallest absolute Gasteiger partial charge is 0.328 e. The Bertz CT molecular complexity index is 908. The van der Waals surface area contributed by atoms with E-state index in [9.17, 15) is 9.59 Å². The highest BCUT2D eigenvalue weighted by molar-refractivity contribution is 5.99. The third-order valence-corrected chi connectivity index (χ3v) is 4.35. The summed E-state index contributed by atoms with van der Waals surface area (Å²) < 4.78 is 12.1. The number of nitrogens with one attached hydrogen (secondary N) is 1. The molecule has 0 unspecified atom stereocenters. The zero-order chi connectivity index (χ0) is 18.7. The molecule has 0 bridgehead atoms. The fourth-order valence-electron chi connectivity index (χ4n) is 2.94. The molecule has 6 heteroatoms. The van der Waals surface area contributed by atoms with Crippen molar-refractivity contribution in [1.82, 2.24) is 9.88 Å². The largest absolute Gasteiger partial charge is 0.467 e. The molecule has 136 valence electrons. The van der Waals surface area contributed by atoms with Gasteiger partial charge in [0.15, 0.2) is 5.58 Å². The van der Waals surface area contributed by atoms with Crippen LogP contribution in [0.15, 0.2) is 53.1 Å². The fraction of sp³-hybridized carbons (Fsp3) is 0.300. The quantitative estimate of drug-likeness (QED) is 0.690. The lowest BCUT2D eigenvalue weighted by atomic mass is 10.0. The fourth-order valence-corrected chi connectivity index (χ4v) is 2.94.